The third-order valence-corrected chi connectivity index (χ3v) is 3.52. The SMILES string of the molecule is CNCC(C)C(=O)N(C)CCc1cccs1. The van der Waals surface area contributed by atoms with Gasteiger partial charge < -0.3 is 10.2 Å². The van der Waals surface area contributed by atoms with Gasteiger partial charge in [-0.1, -0.05) is 13.0 Å². The Kier molecular flexibility index (Phi) is 5.49. The molecule has 16 heavy (non-hydrogen) atoms. The molecule has 1 amide bonds. The summed E-state index contributed by atoms with van der Waals surface area (Å²) in [6.45, 7) is 3.50. The van der Waals surface area contributed by atoms with Crippen molar-refractivity contribution in [3.63, 3.8) is 0 Å². The molecule has 1 aromatic heterocycles. The van der Waals surface area contributed by atoms with E-state index in [0.29, 0.717) is 0 Å². The number of hydrogen-bond acceptors (Lipinski definition) is 3. The molecule has 4 heteroatoms. The van der Waals surface area contributed by atoms with Gasteiger partial charge >= 0.3 is 0 Å². The largest absolute Gasteiger partial charge is 0.345 e. The first-order valence-electron chi connectivity index (χ1n) is 5.57. The lowest BCUT2D eigenvalue weighted by Crippen LogP contribution is -2.36. The van der Waals surface area contributed by atoms with Crippen LogP contribution in [0.3, 0.4) is 0 Å². The molecule has 0 aromatic carbocycles. The Balaban J connectivity index is 2.34. The summed E-state index contributed by atoms with van der Waals surface area (Å²) < 4.78 is 0. The summed E-state index contributed by atoms with van der Waals surface area (Å²) in [5, 5.41) is 5.10. The van der Waals surface area contributed by atoms with E-state index < -0.39 is 0 Å². The first kappa shape index (κ1) is 13.2. The van der Waals surface area contributed by atoms with Gasteiger partial charge in [0, 0.05) is 30.9 Å². The summed E-state index contributed by atoms with van der Waals surface area (Å²) >= 11 is 1.74. The smallest absolute Gasteiger partial charge is 0.226 e. The van der Waals surface area contributed by atoms with Gasteiger partial charge in [-0.05, 0) is 24.9 Å². The maximum atomic E-state index is 11.9. The summed E-state index contributed by atoms with van der Waals surface area (Å²) in [4.78, 5) is 15.0. The van der Waals surface area contributed by atoms with Crippen LogP contribution >= 0.6 is 11.3 Å². The van der Waals surface area contributed by atoms with E-state index >= 15 is 0 Å². The molecule has 1 rings (SSSR count). The fraction of sp³-hybridized carbons (Fsp3) is 0.583. The number of carbonyl (C=O) groups excluding carboxylic acids is 1. The van der Waals surface area contributed by atoms with Crippen LogP contribution in [0.2, 0.25) is 0 Å². The van der Waals surface area contributed by atoms with Gasteiger partial charge in [0.25, 0.3) is 0 Å². The molecule has 0 bridgehead atoms. The Hall–Kier alpha value is -0.870. The molecule has 1 aromatic rings. The number of thiophene rings is 1. The maximum Gasteiger partial charge on any atom is 0.226 e. The number of carbonyl (C=O) groups is 1. The fourth-order valence-electron chi connectivity index (χ4n) is 1.61. The zero-order valence-electron chi connectivity index (χ0n) is 10.2. The highest BCUT2D eigenvalue weighted by Crippen LogP contribution is 2.10. The highest BCUT2D eigenvalue weighted by Gasteiger charge is 2.16. The first-order valence-corrected chi connectivity index (χ1v) is 6.45. The van der Waals surface area contributed by atoms with Crippen molar-refractivity contribution in [3.05, 3.63) is 22.4 Å². The van der Waals surface area contributed by atoms with Crippen LogP contribution in [-0.2, 0) is 11.2 Å². The van der Waals surface area contributed by atoms with Crippen LogP contribution in [0.15, 0.2) is 17.5 Å². The first-order chi connectivity index (χ1) is 7.65. The van der Waals surface area contributed by atoms with Gasteiger partial charge in [0.05, 0.1) is 0 Å². The van der Waals surface area contributed by atoms with Gasteiger partial charge in [-0.2, -0.15) is 0 Å². The number of amides is 1. The summed E-state index contributed by atoms with van der Waals surface area (Å²) in [6.07, 6.45) is 0.951. The standard InChI is InChI=1S/C12H20N2OS/c1-10(9-13-2)12(15)14(3)7-6-11-5-4-8-16-11/h4-5,8,10,13H,6-7,9H2,1-3H3. The average molecular weight is 240 g/mol. The number of nitrogens with one attached hydrogen (secondary N) is 1. The second kappa shape index (κ2) is 6.66. The topological polar surface area (TPSA) is 32.3 Å². The fourth-order valence-corrected chi connectivity index (χ4v) is 2.31. The molecule has 1 atom stereocenters. The van der Waals surface area contributed by atoms with Crippen molar-refractivity contribution in [2.75, 3.05) is 27.2 Å². The third-order valence-electron chi connectivity index (χ3n) is 2.58. The van der Waals surface area contributed by atoms with Crippen molar-refractivity contribution in [1.82, 2.24) is 10.2 Å². The summed E-state index contributed by atoms with van der Waals surface area (Å²) in [6, 6.07) is 4.16. The van der Waals surface area contributed by atoms with E-state index in [-0.39, 0.29) is 11.8 Å². The van der Waals surface area contributed by atoms with E-state index in [1.807, 2.05) is 32.0 Å². The highest BCUT2D eigenvalue weighted by atomic mass is 32.1. The van der Waals surface area contributed by atoms with Crippen molar-refractivity contribution < 1.29 is 4.79 Å². The molecule has 0 aliphatic rings. The lowest BCUT2D eigenvalue weighted by molar-refractivity contribution is -0.133. The molecular formula is C12H20N2OS. The zero-order valence-corrected chi connectivity index (χ0v) is 11.0. The van der Waals surface area contributed by atoms with Gasteiger partial charge in [-0.25, -0.2) is 0 Å². The molecule has 3 nitrogen and oxygen atoms in total. The normalized spacial score (nSPS) is 12.4. The molecule has 1 unspecified atom stereocenters. The van der Waals surface area contributed by atoms with E-state index in [2.05, 4.69) is 16.8 Å². The number of hydrogen-bond donors (Lipinski definition) is 1. The number of nitrogens with zero attached hydrogens (tertiary/aromatic N) is 1. The summed E-state index contributed by atoms with van der Waals surface area (Å²) in [5.41, 5.74) is 0. The highest BCUT2D eigenvalue weighted by molar-refractivity contribution is 7.09. The van der Waals surface area contributed by atoms with Crippen molar-refractivity contribution in [2.24, 2.45) is 5.92 Å². The molecule has 0 aliphatic heterocycles. The minimum Gasteiger partial charge on any atom is -0.345 e. The summed E-state index contributed by atoms with van der Waals surface area (Å²) in [7, 11) is 3.75. The van der Waals surface area contributed by atoms with Gasteiger partial charge in [0.2, 0.25) is 5.91 Å². The van der Waals surface area contributed by atoms with Gasteiger partial charge in [0.15, 0.2) is 0 Å². The van der Waals surface area contributed by atoms with Crippen LogP contribution in [0.4, 0.5) is 0 Å². The van der Waals surface area contributed by atoms with Crippen LogP contribution in [0.25, 0.3) is 0 Å². The molecule has 0 saturated carbocycles. The summed E-state index contributed by atoms with van der Waals surface area (Å²) in [5.74, 6) is 0.268. The van der Waals surface area contributed by atoms with Gasteiger partial charge in [0.1, 0.15) is 0 Å². The van der Waals surface area contributed by atoms with Crippen LogP contribution in [0, 0.1) is 5.92 Å². The lowest BCUT2D eigenvalue weighted by Gasteiger charge is -2.20. The second-order valence-corrected chi connectivity index (χ2v) is 5.08. The predicted octanol–water partition coefficient (Wildman–Crippen LogP) is 1.60. The molecule has 0 spiro atoms. The van der Waals surface area contributed by atoms with Crippen LogP contribution < -0.4 is 5.32 Å². The average Bonchev–Trinajstić information content (AvgIpc) is 2.78. The number of rotatable bonds is 6. The monoisotopic (exact) mass is 240 g/mol. The van der Waals surface area contributed by atoms with Crippen LogP contribution in [0.1, 0.15) is 11.8 Å². The quantitative estimate of drug-likeness (QED) is 0.819. The van der Waals surface area contributed by atoms with Crippen molar-refractivity contribution >= 4 is 17.2 Å². The Bertz CT molecular complexity index is 311. The molecule has 0 saturated heterocycles. The zero-order chi connectivity index (χ0) is 12.0. The molecular weight excluding hydrogens is 220 g/mol. The Morgan fingerprint density at radius 1 is 1.62 bits per heavy atom. The predicted molar refractivity (Wildman–Crippen MR) is 68.8 cm³/mol. The van der Waals surface area contributed by atoms with E-state index in [0.717, 1.165) is 19.5 Å². The molecule has 0 fully saturated rings. The van der Waals surface area contributed by atoms with Gasteiger partial charge in [-0.15, -0.1) is 11.3 Å². The molecule has 90 valence electrons. The molecule has 0 radical (unpaired) electrons. The van der Waals surface area contributed by atoms with Crippen molar-refractivity contribution in [3.8, 4) is 0 Å². The van der Waals surface area contributed by atoms with E-state index in [1.165, 1.54) is 4.88 Å². The molecule has 1 N–H and O–H groups in total. The minimum atomic E-state index is 0.0540. The van der Waals surface area contributed by atoms with Gasteiger partial charge in [-0.3, -0.25) is 4.79 Å². The Morgan fingerprint density at radius 2 is 2.38 bits per heavy atom. The second-order valence-electron chi connectivity index (χ2n) is 4.05. The van der Waals surface area contributed by atoms with E-state index in [9.17, 15) is 4.79 Å². The Labute approximate surface area is 101 Å². The molecule has 0 aliphatic carbocycles. The van der Waals surface area contributed by atoms with Crippen molar-refractivity contribution in [2.45, 2.75) is 13.3 Å². The lowest BCUT2D eigenvalue weighted by atomic mass is 10.1. The van der Waals surface area contributed by atoms with Crippen LogP contribution in [0.5, 0.6) is 0 Å². The third kappa shape index (κ3) is 3.94. The maximum absolute atomic E-state index is 11.9. The number of likely N-dealkylation sites (N-methyl/N-ethyl adjacent to an activating group) is 1. The minimum absolute atomic E-state index is 0.0540. The van der Waals surface area contributed by atoms with Crippen LogP contribution in [-0.4, -0.2) is 38.0 Å². The van der Waals surface area contributed by atoms with E-state index in [4.69, 9.17) is 0 Å². The van der Waals surface area contributed by atoms with Crippen molar-refractivity contribution in [1.29, 1.82) is 0 Å². The Morgan fingerprint density at radius 3 is 2.94 bits per heavy atom. The molecule has 1 heterocycles. The van der Waals surface area contributed by atoms with E-state index in [1.54, 1.807) is 11.3 Å².